The minimum absolute atomic E-state index is 0. The molecule has 5 aromatic rings. The van der Waals surface area contributed by atoms with Gasteiger partial charge in [-0.1, -0.05) is 109 Å². The maximum absolute atomic E-state index is 11.7. The molecule has 5 heteroatoms. The fourth-order valence-corrected chi connectivity index (χ4v) is 7.43. The zero-order chi connectivity index (χ0) is 34.3. The van der Waals surface area contributed by atoms with E-state index in [0.717, 1.165) is 59.9 Å². The van der Waals surface area contributed by atoms with Crippen LogP contribution >= 0.6 is 0 Å². The second-order valence-corrected chi connectivity index (χ2v) is 15.1. The van der Waals surface area contributed by atoms with Crippen LogP contribution in [0.3, 0.4) is 0 Å². The van der Waals surface area contributed by atoms with Gasteiger partial charge in [-0.15, -0.1) is 23.3 Å². The molecule has 6 rings (SSSR count). The quantitative estimate of drug-likeness (QED) is 0.0962. The Labute approximate surface area is 300 Å². The molecule has 1 radical (unpaired) electrons. The zero-order valence-corrected chi connectivity index (χ0v) is 32.8. The van der Waals surface area contributed by atoms with Crippen LogP contribution in [0.1, 0.15) is 110 Å². The summed E-state index contributed by atoms with van der Waals surface area (Å²) in [5, 5.41) is 14.6. The van der Waals surface area contributed by atoms with Crippen LogP contribution in [-0.2, 0) is 36.7 Å². The second-order valence-electron chi connectivity index (χ2n) is 15.1. The molecule has 48 heavy (non-hydrogen) atoms. The number of fused-ring (bicyclic) bond motifs is 4. The average molecular weight is 823 g/mol. The van der Waals surface area contributed by atoms with Gasteiger partial charge in [-0.2, -0.15) is 0 Å². The molecule has 2 heterocycles. The number of aliphatic hydroxyl groups excluding tert-OH is 1. The molecule has 1 N–H and O–H groups in total. The molecule has 0 atom stereocenters. The van der Waals surface area contributed by atoms with E-state index >= 15 is 0 Å². The molecule has 1 aliphatic rings. The SMILES string of the molecule is CCC(CC)C(=O)/C=C(\O)C(CC)CC.Cc1ccc2c3c([c-]cc2c1)-c1nccc2oc4c(CC(C)(C)C)ccc(c4c12)C3(C)C.[Ir]. The number of hydrogen-bond donors (Lipinski definition) is 1. The van der Waals surface area contributed by atoms with Crippen LogP contribution in [0.5, 0.6) is 0 Å². The summed E-state index contributed by atoms with van der Waals surface area (Å²) in [4.78, 5) is 16.6. The fourth-order valence-electron chi connectivity index (χ4n) is 7.43. The van der Waals surface area contributed by atoms with E-state index < -0.39 is 0 Å². The van der Waals surface area contributed by atoms with Crippen molar-refractivity contribution in [1.29, 1.82) is 0 Å². The van der Waals surface area contributed by atoms with Gasteiger partial charge < -0.3 is 14.5 Å². The maximum Gasteiger partial charge on any atom is 0.162 e. The van der Waals surface area contributed by atoms with Crippen molar-refractivity contribution < 1.29 is 34.4 Å². The molecule has 3 aromatic carbocycles. The van der Waals surface area contributed by atoms with Crippen molar-refractivity contribution in [2.45, 2.75) is 107 Å². The zero-order valence-electron chi connectivity index (χ0n) is 30.4. The Bertz CT molecular complexity index is 1970. The normalized spacial score (nSPS) is 13.9. The summed E-state index contributed by atoms with van der Waals surface area (Å²) < 4.78 is 6.54. The third-order valence-electron chi connectivity index (χ3n) is 10.1. The summed E-state index contributed by atoms with van der Waals surface area (Å²) >= 11 is 0. The minimum atomic E-state index is -0.226. The molecule has 1 aliphatic carbocycles. The number of rotatable bonds is 8. The van der Waals surface area contributed by atoms with Crippen molar-refractivity contribution >= 4 is 38.5 Å². The van der Waals surface area contributed by atoms with Crippen LogP contribution in [0.4, 0.5) is 0 Å². The van der Waals surface area contributed by atoms with Crippen LogP contribution in [0.25, 0.3) is 44.0 Å². The Morgan fingerprint density at radius 2 is 1.65 bits per heavy atom. The molecule has 0 saturated heterocycles. The molecule has 0 bridgehead atoms. The van der Waals surface area contributed by atoms with E-state index in [2.05, 4.69) is 84.0 Å². The first kappa shape index (κ1) is 37.5. The van der Waals surface area contributed by atoms with Gasteiger partial charge in [0.1, 0.15) is 11.2 Å². The summed E-state index contributed by atoms with van der Waals surface area (Å²) in [7, 11) is 0. The number of hydrogen-bond acceptors (Lipinski definition) is 4. The third kappa shape index (κ3) is 7.05. The van der Waals surface area contributed by atoms with Crippen molar-refractivity contribution in [3.8, 4) is 11.3 Å². The second kappa shape index (κ2) is 14.7. The van der Waals surface area contributed by atoms with Crippen molar-refractivity contribution in [1.82, 2.24) is 4.98 Å². The molecule has 257 valence electrons. The van der Waals surface area contributed by atoms with E-state index in [1.165, 1.54) is 44.5 Å². The number of aliphatic hydroxyl groups is 1. The molecule has 0 fully saturated rings. The molecular formula is C43H52IrNO3-. The first-order valence-electron chi connectivity index (χ1n) is 17.5. The van der Waals surface area contributed by atoms with Gasteiger partial charge >= 0.3 is 0 Å². The Hall–Kier alpha value is -3.27. The Morgan fingerprint density at radius 3 is 2.27 bits per heavy atom. The molecule has 0 unspecified atom stereocenters. The fraction of sp³-hybridized carbons (Fsp3) is 0.442. The van der Waals surface area contributed by atoms with Gasteiger partial charge in [0.05, 0.1) is 5.76 Å². The number of carbonyl (C=O) groups excluding carboxylic acids is 1. The van der Waals surface area contributed by atoms with Crippen molar-refractivity contribution in [2.75, 3.05) is 0 Å². The largest absolute Gasteiger partial charge is 0.512 e. The first-order valence-corrected chi connectivity index (χ1v) is 17.5. The third-order valence-corrected chi connectivity index (χ3v) is 10.1. The van der Waals surface area contributed by atoms with E-state index in [9.17, 15) is 9.90 Å². The summed E-state index contributed by atoms with van der Waals surface area (Å²) in [5.41, 5.74) is 9.09. The number of aryl methyl sites for hydroxylation is 1. The molecule has 0 amide bonds. The Kier molecular flexibility index (Phi) is 11.5. The minimum Gasteiger partial charge on any atom is -0.512 e. The Morgan fingerprint density at radius 1 is 0.979 bits per heavy atom. The molecule has 4 nitrogen and oxygen atoms in total. The topological polar surface area (TPSA) is 63.3 Å². The van der Waals surface area contributed by atoms with Gasteiger partial charge in [0.25, 0.3) is 0 Å². The van der Waals surface area contributed by atoms with Crippen molar-refractivity contribution in [3.05, 3.63) is 88.8 Å². The average Bonchev–Trinajstić information content (AvgIpc) is 3.38. The van der Waals surface area contributed by atoms with E-state index in [0.29, 0.717) is 0 Å². The van der Waals surface area contributed by atoms with Gasteiger partial charge in [0.15, 0.2) is 5.78 Å². The summed E-state index contributed by atoms with van der Waals surface area (Å²) in [6, 6.07) is 19.1. The number of nitrogens with zero attached hydrogens (tertiary/aromatic N) is 1. The van der Waals surface area contributed by atoms with E-state index in [4.69, 9.17) is 9.40 Å². The first-order chi connectivity index (χ1) is 22.2. The summed E-state index contributed by atoms with van der Waals surface area (Å²) in [6.07, 6.45) is 7.75. The van der Waals surface area contributed by atoms with E-state index in [-0.39, 0.29) is 54.3 Å². The van der Waals surface area contributed by atoms with Gasteiger partial charge in [-0.05, 0) is 72.7 Å². The van der Waals surface area contributed by atoms with Crippen molar-refractivity contribution in [3.63, 3.8) is 0 Å². The summed E-state index contributed by atoms with van der Waals surface area (Å²) in [5.74, 6) is 0.547. The standard InChI is InChI=1S/C30H28NO.C13H24O2.Ir/c1-17-7-10-20-18(15-17)8-11-21-26(20)30(5,6)22-12-9-19(16-29(2,3)4)28-24(22)25-23(32-28)13-14-31-27(21)25;1-5-10(6-2)12(14)9-13(15)11(7-3)8-4;/h7-10,12-15H,16H2,1-6H3;9-11,14H,5-8H2,1-4H3;/q-1;;/b;12-9-;. The van der Waals surface area contributed by atoms with Gasteiger partial charge in [-0.3, -0.25) is 4.79 Å². The van der Waals surface area contributed by atoms with E-state index in [1.807, 2.05) is 40.0 Å². The number of pyridine rings is 1. The molecule has 0 aliphatic heterocycles. The maximum atomic E-state index is 11.7. The molecular weight excluding hydrogens is 771 g/mol. The molecule has 0 spiro atoms. The molecule has 0 saturated carbocycles. The molecule has 2 aromatic heterocycles. The number of furan rings is 1. The van der Waals surface area contributed by atoms with Crippen LogP contribution in [0, 0.1) is 30.2 Å². The predicted molar refractivity (Wildman–Crippen MR) is 197 cm³/mol. The van der Waals surface area contributed by atoms with Crippen LogP contribution < -0.4 is 0 Å². The van der Waals surface area contributed by atoms with Crippen LogP contribution in [0.15, 0.2) is 64.9 Å². The Balaban J connectivity index is 0.000000279. The van der Waals surface area contributed by atoms with Gasteiger partial charge in [0, 0.05) is 55.0 Å². The predicted octanol–water partition coefficient (Wildman–Crippen LogP) is 12.0. The monoisotopic (exact) mass is 823 g/mol. The van der Waals surface area contributed by atoms with E-state index in [1.54, 1.807) is 0 Å². The summed E-state index contributed by atoms with van der Waals surface area (Å²) in [6.45, 7) is 21.7. The smallest absolute Gasteiger partial charge is 0.162 e. The number of aromatic nitrogens is 1. The number of ketones is 1. The number of benzene rings is 3. The van der Waals surface area contributed by atoms with Gasteiger partial charge in [0.2, 0.25) is 0 Å². The van der Waals surface area contributed by atoms with Crippen LogP contribution in [0.2, 0.25) is 0 Å². The van der Waals surface area contributed by atoms with Crippen molar-refractivity contribution in [2.24, 2.45) is 17.3 Å². The van der Waals surface area contributed by atoms with Gasteiger partial charge in [-0.25, -0.2) is 0 Å². The number of allylic oxidation sites excluding steroid dienone is 2. The number of carbonyl (C=O) groups is 1. The van der Waals surface area contributed by atoms with Crippen LogP contribution in [-0.4, -0.2) is 15.9 Å².